The first-order chi connectivity index (χ1) is 15.8. The Morgan fingerprint density at radius 3 is 2.12 bits per heavy atom. The molecule has 1 rings (SSSR count). The first kappa shape index (κ1) is 29.4. The van der Waals surface area contributed by atoms with E-state index < -0.39 is 29.7 Å². The lowest BCUT2D eigenvalue weighted by molar-refractivity contribution is -0.144. The van der Waals surface area contributed by atoms with Crippen LogP contribution in [0.4, 0.5) is 4.79 Å². The molecule has 3 unspecified atom stereocenters. The number of ether oxygens (including phenoxy) is 1. The quantitative estimate of drug-likeness (QED) is 0.450. The number of carbonyl (C=O) groups excluding carboxylic acids is 3. The van der Waals surface area contributed by atoms with E-state index in [0.717, 1.165) is 18.4 Å². The van der Waals surface area contributed by atoms with Gasteiger partial charge in [-0.3, -0.25) is 9.59 Å². The topological polar surface area (TPSA) is 108 Å². The van der Waals surface area contributed by atoms with Crippen LogP contribution in [-0.2, 0) is 14.3 Å². The van der Waals surface area contributed by atoms with Crippen LogP contribution in [0, 0.1) is 12.8 Å². The van der Waals surface area contributed by atoms with Gasteiger partial charge in [0.1, 0.15) is 17.7 Å². The molecule has 1 aromatic carbocycles. The van der Waals surface area contributed by atoms with Crippen molar-refractivity contribution in [2.75, 3.05) is 13.2 Å². The first-order valence-electron chi connectivity index (χ1n) is 12.1. The second-order valence-electron chi connectivity index (χ2n) is 10.1. The molecule has 0 radical (unpaired) electrons. The number of alkyl carbamates (subject to hydrolysis) is 1. The smallest absolute Gasteiger partial charge is 0.408 e. The predicted octanol–water partition coefficient (Wildman–Crippen LogP) is 3.71. The summed E-state index contributed by atoms with van der Waals surface area (Å²) in [6.45, 7) is 14.4. The summed E-state index contributed by atoms with van der Waals surface area (Å²) in [4.78, 5) is 41.0. The Morgan fingerprint density at radius 1 is 1.06 bits per heavy atom. The zero-order chi connectivity index (χ0) is 26.1. The summed E-state index contributed by atoms with van der Waals surface area (Å²) in [5, 5.41) is 15.5. The Kier molecular flexibility index (Phi) is 11.5. The van der Waals surface area contributed by atoms with E-state index in [1.54, 1.807) is 34.6 Å². The maximum atomic E-state index is 13.7. The summed E-state index contributed by atoms with van der Waals surface area (Å²) in [5.41, 5.74) is 0.932. The molecule has 0 saturated carbocycles. The molecule has 3 N–H and O–H groups in total. The summed E-state index contributed by atoms with van der Waals surface area (Å²) in [5.74, 6) is -1.06. The molecule has 8 heteroatoms. The minimum atomic E-state index is -0.957. The highest BCUT2D eigenvalue weighted by Gasteiger charge is 2.37. The zero-order valence-electron chi connectivity index (χ0n) is 22.0. The van der Waals surface area contributed by atoms with Gasteiger partial charge in [0.05, 0.1) is 6.61 Å². The van der Waals surface area contributed by atoms with Crippen molar-refractivity contribution in [3.8, 4) is 0 Å². The second-order valence-corrected chi connectivity index (χ2v) is 10.1. The number of nitrogens with zero attached hydrogens (tertiary/aromatic N) is 1. The number of hydrogen-bond donors (Lipinski definition) is 3. The lowest BCUT2D eigenvalue weighted by atomic mass is 9.98. The van der Waals surface area contributed by atoms with Crippen LogP contribution in [0.15, 0.2) is 24.3 Å². The van der Waals surface area contributed by atoms with E-state index in [1.165, 1.54) is 4.90 Å². The molecule has 192 valence electrons. The van der Waals surface area contributed by atoms with Crippen molar-refractivity contribution >= 4 is 17.9 Å². The van der Waals surface area contributed by atoms with Crippen molar-refractivity contribution in [1.82, 2.24) is 15.5 Å². The number of carbonyl (C=O) groups is 3. The van der Waals surface area contributed by atoms with Gasteiger partial charge in [-0.05, 0) is 52.5 Å². The third kappa shape index (κ3) is 9.33. The van der Waals surface area contributed by atoms with E-state index >= 15 is 0 Å². The molecule has 0 fully saturated rings. The molecule has 0 aromatic heterocycles. The van der Waals surface area contributed by atoms with Gasteiger partial charge in [0, 0.05) is 12.6 Å². The minimum absolute atomic E-state index is 0.0633. The third-order valence-corrected chi connectivity index (χ3v) is 5.29. The number of aliphatic hydroxyl groups is 1. The average Bonchev–Trinajstić information content (AvgIpc) is 2.71. The molecule has 0 aliphatic carbocycles. The Morgan fingerprint density at radius 2 is 1.65 bits per heavy atom. The molecule has 0 bridgehead atoms. The van der Waals surface area contributed by atoms with Crippen LogP contribution >= 0.6 is 0 Å². The van der Waals surface area contributed by atoms with Crippen molar-refractivity contribution in [2.24, 2.45) is 5.92 Å². The predicted molar refractivity (Wildman–Crippen MR) is 133 cm³/mol. The number of rotatable bonds is 11. The number of benzene rings is 1. The average molecular weight is 478 g/mol. The fourth-order valence-electron chi connectivity index (χ4n) is 3.65. The van der Waals surface area contributed by atoms with E-state index in [2.05, 4.69) is 10.6 Å². The highest BCUT2D eigenvalue weighted by Crippen LogP contribution is 2.24. The standard InChI is InChI=1S/C26H43N3O5/c1-9-10-19(5)27-23(31)22(20-13-11-18(4)12-14-20)29(15-16-30)24(32)21(17(2)3)28-25(33)34-26(6,7)8/h11-14,17,19,21-22,30H,9-10,15-16H2,1-8H3,(H,27,31)(H,28,33). The molecule has 0 saturated heterocycles. The lowest BCUT2D eigenvalue weighted by Crippen LogP contribution is -2.55. The molecular formula is C26H43N3O5. The van der Waals surface area contributed by atoms with Gasteiger partial charge in [-0.1, -0.05) is 57.0 Å². The number of aliphatic hydroxyl groups excluding tert-OH is 1. The minimum Gasteiger partial charge on any atom is -0.444 e. The summed E-state index contributed by atoms with van der Waals surface area (Å²) >= 11 is 0. The van der Waals surface area contributed by atoms with Gasteiger partial charge < -0.3 is 25.4 Å². The first-order valence-corrected chi connectivity index (χ1v) is 12.1. The normalized spacial score (nSPS) is 14.2. The zero-order valence-corrected chi connectivity index (χ0v) is 22.0. The van der Waals surface area contributed by atoms with Gasteiger partial charge in [-0.2, -0.15) is 0 Å². The van der Waals surface area contributed by atoms with E-state index in [1.807, 2.05) is 45.0 Å². The largest absolute Gasteiger partial charge is 0.444 e. The van der Waals surface area contributed by atoms with Crippen LogP contribution in [-0.4, -0.2) is 58.8 Å². The van der Waals surface area contributed by atoms with Crippen molar-refractivity contribution in [1.29, 1.82) is 0 Å². The second kappa shape index (κ2) is 13.3. The summed E-state index contributed by atoms with van der Waals surface area (Å²) in [6.07, 6.45) is 0.997. The van der Waals surface area contributed by atoms with Crippen LogP contribution in [0.2, 0.25) is 0 Å². The molecule has 0 heterocycles. The Bertz CT molecular complexity index is 802. The monoisotopic (exact) mass is 477 g/mol. The highest BCUT2D eigenvalue weighted by molar-refractivity contribution is 5.92. The van der Waals surface area contributed by atoms with E-state index in [0.29, 0.717) is 5.56 Å². The van der Waals surface area contributed by atoms with Gasteiger partial charge in [-0.15, -0.1) is 0 Å². The summed E-state index contributed by atoms with van der Waals surface area (Å²) < 4.78 is 5.34. The number of nitrogens with one attached hydrogen (secondary N) is 2. The molecular weight excluding hydrogens is 434 g/mol. The Hall–Kier alpha value is -2.61. The molecule has 1 aromatic rings. The summed E-state index contributed by atoms with van der Waals surface area (Å²) in [6, 6.07) is 5.42. The maximum Gasteiger partial charge on any atom is 0.408 e. The van der Waals surface area contributed by atoms with Crippen LogP contribution < -0.4 is 10.6 Å². The number of amides is 3. The van der Waals surface area contributed by atoms with Gasteiger partial charge in [0.2, 0.25) is 11.8 Å². The van der Waals surface area contributed by atoms with E-state index in [4.69, 9.17) is 4.74 Å². The van der Waals surface area contributed by atoms with Gasteiger partial charge in [0.25, 0.3) is 0 Å². The number of aryl methyl sites for hydroxylation is 1. The van der Waals surface area contributed by atoms with Gasteiger partial charge >= 0.3 is 6.09 Å². The Labute approximate surface area is 204 Å². The van der Waals surface area contributed by atoms with Crippen molar-refractivity contribution in [3.05, 3.63) is 35.4 Å². The fraction of sp³-hybridized carbons (Fsp3) is 0.654. The number of hydrogen-bond acceptors (Lipinski definition) is 5. The van der Waals surface area contributed by atoms with E-state index in [9.17, 15) is 19.5 Å². The fourth-order valence-corrected chi connectivity index (χ4v) is 3.65. The molecule has 34 heavy (non-hydrogen) atoms. The lowest BCUT2D eigenvalue weighted by Gasteiger charge is -2.35. The van der Waals surface area contributed by atoms with E-state index in [-0.39, 0.29) is 31.0 Å². The third-order valence-electron chi connectivity index (χ3n) is 5.29. The summed E-state index contributed by atoms with van der Waals surface area (Å²) in [7, 11) is 0. The molecule has 8 nitrogen and oxygen atoms in total. The Balaban J connectivity index is 3.37. The molecule has 3 atom stereocenters. The van der Waals surface area contributed by atoms with Gasteiger partial charge in [-0.25, -0.2) is 4.79 Å². The van der Waals surface area contributed by atoms with Crippen LogP contribution in [0.3, 0.4) is 0 Å². The van der Waals surface area contributed by atoms with Gasteiger partial charge in [0.15, 0.2) is 0 Å². The van der Waals surface area contributed by atoms with Crippen molar-refractivity contribution < 1.29 is 24.2 Å². The van der Waals surface area contributed by atoms with Crippen LogP contribution in [0.25, 0.3) is 0 Å². The van der Waals surface area contributed by atoms with Crippen molar-refractivity contribution in [2.45, 2.75) is 92.0 Å². The molecule has 0 aliphatic rings. The van der Waals surface area contributed by atoms with Crippen LogP contribution in [0.5, 0.6) is 0 Å². The SMILES string of the molecule is CCCC(C)NC(=O)C(c1ccc(C)cc1)N(CCO)C(=O)C(NC(=O)OC(C)(C)C)C(C)C. The molecule has 0 aliphatic heterocycles. The highest BCUT2D eigenvalue weighted by atomic mass is 16.6. The maximum absolute atomic E-state index is 13.7. The molecule has 3 amide bonds. The van der Waals surface area contributed by atoms with Crippen LogP contribution in [0.1, 0.15) is 78.5 Å². The van der Waals surface area contributed by atoms with Crippen molar-refractivity contribution in [3.63, 3.8) is 0 Å². The molecule has 0 spiro atoms.